The molecule has 1 aromatic rings. The van der Waals surface area contributed by atoms with Crippen molar-refractivity contribution in [1.29, 1.82) is 0 Å². The van der Waals surface area contributed by atoms with Crippen LogP contribution in [0.3, 0.4) is 0 Å². The quantitative estimate of drug-likeness (QED) is 0.793. The molecule has 3 rings (SSSR count). The van der Waals surface area contributed by atoms with E-state index >= 15 is 0 Å². The second-order valence-corrected chi connectivity index (χ2v) is 7.60. The summed E-state index contributed by atoms with van der Waals surface area (Å²) < 4.78 is 5.24. The van der Waals surface area contributed by atoms with E-state index in [4.69, 9.17) is 10.5 Å². The Kier molecular flexibility index (Phi) is 6.36. The van der Waals surface area contributed by atoms with Crippen molar-refractivity contribution >= 4 is 29.3 Å². The summed E-state index contributed by atoms with van der Waals surface area (Å²) in [5, 5.41) is 5.90. The van der Waals surface area contributed by atoms with Gasteiger partial charge in [-0.15, -0.1) is 0 Å². The molecule has 9 nitrogen and oxygen atoms in total. The minimum Gasteiger partial charge on any atom is -0.449 e. The molecule has 1 atom stereocenters. The van der Waals surface area contributed by atoms with Crippen LogP contribution in [0.1, 0.15) is 20.3 Å². The standard InChI is InChI=1S/C20H27N5O4/c1-14(2)13-29-20(28)24-10-8-23(9-11-24)19(27)16-12-17(18(21)26)25(22-16)15-6-4-3-5-7-15/h3-7,14,17H,8-13H2,1-2H3,(H2,21,26). The number of nitrogens with zero attached hydrogens (tertiary/aromatic N) is 4. The van der Waals surface area contributed by atoms with Gasteiger partial charge in [0, 0.05) is 32.6 Å². The van der Waals surface area contributed by atoms with Crippen molar-refractivity contribution in [3.63, 3.8) is 0 Å². The molecule has 3 amide bonds. The second-order valence-electron chi connectivity index (χ2n) is 7.60. The number of carbonyl (C=O) groups excluding carboxylic acids is 3. The van der Waals surface area contributed by atoms with Crippen LogP contribution in [0.5, 0.6) is 0 Å². The largest absolute Gasteiger partial charge is 0.449 e. The number of nitrogens with two attached hydrogens (primary N) is 1. The van der Waals surface area contributed by atoms with E-state index in [2.05, 4.69) is 5.10 Å². The highest BCUT2D eigenvalue weighted by molar-refractivity contribution is 6.40. The van der Waals surface area contributed by atoms with Gasteiger partial charge < -0.3 is 20.3 Å². The van der Waals surface area contributed by atoms with Crippen molar-refractivity contribution < 1.29 is 19.1 Å². The van der Waals surface area contributed by atoms with Crippen molar-refractivity contribution in [1.82, 2.24) is 9.80 Å². The molecule has 1 fully saturated rings. The van der Waals surface area contributed by atoms with Crippen molar-refractivity contribution in [2.45, 2.75) is 26.3 Å². The van der Waals surface area contributed by atoms with Crippen LogP contribution in [-0.4, -0.2) is 72.2 Å². The maximum absolute atomic E-state index is 12.9. The lowest BCUT2D eigenvalue weighted by molar-refractivity contribution is -0.125. The molecule has 2 N–H and O–H groups in total. The van der Waals surface area contributed by atoms with Crippen LogP contribution in [0.4, 0.5) is 10.5 Å². The van der Waals surface area contributed by atoms with E-state index in [1.54, 1.807) is 9.80 Å². The highest BCUT2D eigenvalue weighted by atomic mass is 16.6. The van der Waals surface area contributed by atoms with E-state index in [1.165, 1.54) is 5.01 Å². The Morgan fingerprint density at radius 3 is 2.31 bits per heavy atom. The summed E-state index contributed by atoms with van der Waals surface area (Å²) in [6, 6.07) is 8.47. The Bertz CT molecular complexity index is 787. The molecule has 0 aromatic heterocycles. The van der Waals surface area contributed by atoms with Gasteiger partial charge in [0.2, 0.25) is 5.91 Å². The number of hydrazone groups is 1. The maximum atomic E-state index is 12.9. The summed E-state index contributed by atoms with van der Waals surface area (Å²) in [7, 11) is 0. The number of ether oxygens (including phenoxy) is 1. The van der Waals surface area contributed by atoms with Crippen LogP contribution in [-0.2, 0) is 14.3 Å². The predicted molar refractivity (Wildman–Crippen MR) is 108 cm³/mol. The van der Waals surface area contributed by atoms with Gasteiger partial charge >= 0.3 is 6.09 Å². The van der Waals surface area contributed by atoms with Crippen LogP contribution >= 0.6 is 0 Å². The van der Waals surface area contributed by atoms with Gasteiger partial charge in [-0.25, -0.2) is 4.79 Å². The molecule has 1 unspecified atom stereocenters. The van der Waals surface area contributed by atoms with Gasteiger partial charge in [0.1, 0.15) is 11.8 Å². The summed E-state index contributed by atoms with van der Waals surface area (Å²) in [6.45, 7) is 5.91. The molecule has 29 heavy (non-hydrogen) atoms. The first-order valence-corrected chi connectivity index (χ1v) is 9.79. The Labute approximate surface area is 170 Å². The SMILES string of the molecule is CC(C)COC(=O)N1CCN(C(=O)C2=NN(c3ccccc3)C(C(N)=O)C2)CC1. The smallest absolute Gasteiger partial charge is 0.409 e. The molecule has 2 heterocycles. The molecule has 1 aromatic carbocycles. The fourth-order valence-corrected chi connectivity index (χ4v) is 3.28. The monoisotopic (exact) mass is 401 g/mol. The van der Waals surface area contributed by atoms with Crippen molar-refractivity contribution in [2.75, 3.05) is 37.8 Å². The summed E-state index contributed by atoms with van der Waals surface area (Å²) in [6.07, 6.45) is -0.187. The van der Waals surface area contributed by atoms with Gasteiger partial charge in [-0.1, -0.05) is 32.0 Å². The number of piperazine rings is 1. The molecule has 156 valence electrons. The molecule has 1 saturated heterocycles. The van der Waals surface area contributed by atoms with Crippen LogP contribution in [0.15, 0.2) is 35.4 Å². The lowest BCUT2D eigenvalue weighted by Gasteiger charge is -2.34. The minimum atomic E-state index is -0.691. The first-order chi connectivity index (χ1) is 13.9. The van der Waals surface area contributed by atoms with Crippen LogP contribution in [0, 0.1) is 5.92 Å². The molecular formula is C20H27N5O4. The van der Waals surface area contributed by atoms with Gasteiger partial charge in [-0.3, -0.25) is 14.6 Å². The van der Waals surface area contributed by atoms with Crippen molar-refractivity contribution in [3.8, 4) is 0 Å². The first kappa shape index (κ1) is 20.6. The van der Waals surface area contributed by atoms with E-state index in [0.29, 0.717) is 44.2 Å². The lowest BCUT2D eigenvalue weighted by Crippen LogP contribution is -2.52. The van der Waals surface area contributed by atoms with Crippen LogP contribution < -0.4 is 10.7 Å². The molecule has 9 heteroatoms. The zero-order chi connectivity index (χ0) is 21.0. The van der Waals surface area contributed by atoms with E-state index in [9.17, 15) is 14.4 Å². The van der Waals surface area contributed by atoms with Gasteiger partial charge in [0.25, 0.3) is 5.91 Å². The third kappa shape index (κ3) is 4.85. The highest BCUT2D eigenvalue weighted by Crippen LogP contribution is 2.25. The number of hydrogen-bond acceptors (Lipinski definition) is 6. The molecule has 0 spiro atoms. The zero-order valence-electron chi connectivity index (χ0n) is 16.8. The third-order valence-electron chi connectivity index (χ3n) is 4.87. The molecule has 0 radical (unpaired) electrons. The van der Waals surface area contributed by atoms with E-state index < -0.39 is 11.9 Å². The predicted octanol–water partition coefficient (Wildman–Crippen LogP) is 1.04. The number of amides is 3. The summed E-state index contributed by atoms with van der Waals surface area (Å²) in [4.78, 5) is 40.1. The van der Waals surface area contributed by atoms with Gasteiger partial charge in [-0.2, -0.15) is 5.10 Å². The Morgan fingerprint density at radius 1 is 1.10 bits per heavy atom. The van der Waals surface area contributed by atoms with Crippen molar-refractivity contribution in [2.24, 2.45) is 16.8 Å². The normalized spacial score (nSPS) is 19.3. The van der Waals surface area contributed by atoms with E-state index in [-0.39, 0.29) is 24.3 Å². The third-order valence-corrected chi connectivity index (χ3v) is 4.87. The molecule has 2 aliphatic rings. The first-order valence-electron chi connectivity index (χ1n) is 9.79. The number of anilines is 1. The second kappa shape index (κ2) is 8.93. The fraction of sp³-hybridized carbons (Fsp3) is 0.500. The average Bonchev–Trinajstić information content (AvgIpc) is 3.18. The molecule has 2 aliphatic heterocycles. The number of rotatable bonds is 5. The number of hydrogen-bond donors (Lipinski definition) is 1. The molecule has 0 bridgehead atoms. The van der Waals surface area contributed by atoms with E-state index in [0.717, 1.165) is 0 Å². The summed E-state index contributed by atoms with van der Waals surface area (Å²) in [5.41, 5.74) is 6.54. The van der Waals surface area contributed by atoms with E-state index in [1.807, 2.05) is 44.2 Å². The molecule has 0 aliphatic carbocycles. The molecule has 0 saturated carbocycles. The number of benzene rings is 1. The number of carbonyl (C=O) groups is 3. The number of primary amides is 1. The summed E-state index contributed by atoms with van der Waals surface area (Å²) in [5.74, 6) is -0.490. The Balaban J connectivity index is 1.62. The van der Waals surface area contributed by atoms with Crippen LogP contribution in [0.2, 0.25) is 0 Å². The highest BCUT2D eigenvalue weighted by Gasteiger charge is 2.37. The Morgan fingerprint density at radius 2 is 1.72 bits per heavy atom. The maximum Gasteiger partial charge on any atom is 0.409 e. The lowest BCUT2D eigenvalue weighted by atomic mass is 10.1. The Hall–Kier alpha value is -3.10. The number of para-hydroxylation sites is 1. The zero-order valence-corrected chi connectivity index (χ0v) is 16.8. The average molecular weight is 401 g/mol. The topological polar surface area (TPSA) is 109 Å². The van der Waals surface area contributed by atoms with Gasteiger partial charge in [0.15, 0.2) is 0 Å². The van der Waals surface area contributed by atoms with Crippen molar-refractivity contribution in [3.05, 3.63) is 30.3 Å². The summed E-state index contributed by atoms with van der Waals surface area (Å²) >= 11 is 0. The molecular weight excluding hydrogens is 374 g/mol. The van der Waals surface area contributed by atoms with Crippen LogP contribution in [0.25, 0.3) is 0 Å². The fourth-order valence-electron chi connectivity index (χ4n) is 3.28. The van der Waals surface area contributed by atoms with Gasteiger partial charge in [-0.05, 0) is 18.1 Å². The minimum absolute atomic E-state index is 0.166. The van der Waals surface area contributed by atoms with Gasteiger partial charge in [0.05, 0.1) is 12.3 Å².